The van der Waals surface area contributed by atoms with Gasteiger partial charge in [-0.3, -0.25) is 4.79 Å². The number of hydrogen-bond donors (Lipinski definition) is 2. The molecule has 5 nitrogen and oxygen atoms in total. The van der Waals surface area contributed by atoms with Crippen molar-refractivity contribution in [3.63, 3.8) is 0 Å². The highest BCUT2D eigenvalue weighted by Crippen LogP contribution is 2.34. The van der Waals surface area contributed by atoms with Crippen molar-refractivity contribution in [1.29, 1.82) is 0 Å². The Kier molecular flexibility index (Phi) is 3.57. The Bertz CT molecular complexity index is 573. The number of piperidine rings is 1. The number of hydrogen-bond acceptors (Lipinski definition) is 4. The minimum absolute atomic E-state index is 0.250. The number of nitrogens with two attached hydrogens (primary N) is 1. The molecule has 5 heteroatoms. The Morgan fingerprint density at radius 2 is 2.10 bits per heavy atom. The van der Waals surface area contributed by atoms with Crippen molar-refractivity contribution < 1.29 is 4.79 Å². The summed E-state index contributed by atoms with van der Waals surface area (Å²) in [4.78, 5) is 18.6. The second kappa shape index (κ2) is 5.39. The summed E-state index contributed by atoms with van der Waals surface area (Å²) in [5.41, 5.74) is 7.78. The summed E-state index contributed by atoms with van der Waals surface area (Å²) >= 11 is 0. The zero-order valence-corrected chi connectivity index (χ0v) is 12.4. The third-order valence-corrected chi connectivity index (χ3v) is 4.31. The number of aliphatic imine (C=N–C) groups is 1. The fourth-order valence-electron chi connectivity index (χ4n) is 3.12. The molecule has 2 aliphatic heterocycles. The first-order chi connectivity index (χ1) is 10.1. The molecule has 0 unspecified atom stereocenters. The molecule has 112 valence electrons. The van der Waals surface area contributed by atoms with Crippen LogP contribution in [0.3, 0.4) is 0 Å². The van der Waals surface area contributed by atoms with Crippen LogP contribution in [-0.2, 0) is 4.79 Å². The van der Waals surface area contributed by atoms with E-state index in [1.165, 1.54) is 0 Å². The molecule has 1 amide bonds. The van der Waals surface area contributed by atoms with E-state index < -0.39 is 0 Å². The predicted octanol–water partition coefficient (Wildman–Crippen LogP) is 1.94. The van der Waals surface area contributed by atoms with Gasteiger partial charge in [-0.1, -0.05) is 19.1 Å². The number of carbonyl (C=O) groups excluding carboxylic acids is 1. The van der Waals surface area contributed by atoms with E-state index in [-0.39, 0.29) is 11.6 Å². The van der Waals surface area contributed by atoms with Gasteiger partial charge in [-0.25, -0.2) is 4.99 Å². The number of benzene rings is 1. The molecular weight excluding hydrogens is 264 g/mol. The lowest BCUT2D eigenvalue weighted by atomic mass is 9.93. The first-order valence-corrected chi connectivity index (χ1v) is 7.64. The first-order valence-electron chi connectivity index (χ1n) is 7.64. The Hall–Kier alpha value is -2.04. The highest BCUT2D eigenvalue weighted by atomic mass is 16.2. The van der Waals surface area contributed by atoms with Gasteiger partial charge in [-0.05, 0) is 18.6 Å². The van der Waals surface area contributed by atoms with Crippen LogP contribution in [0.5, 0.6) is 0 Å². The smallest absolute Gasteiger partial charge is 0.222 e. The molecule has 0 saturated carbocycles. The van der Waals surface area contributed by atoms with Crippen LogP contribution in [0.15, 0.2) is 29.3 Å². The van der Waals surface area contributed by atoms with E-state index in [1.807, 2.05) is 36.1 Å². The average molecular weight is 286 g/mol. The van der Waals surface area contributed by atoms with E-state index in [4.69, 9.17) is 10.7 Å². The lowest BCUT2D eigenvalue weighted by molar-refractivity contribution is -0.132. The van der Waals surface area contributed by atoms with Crippen molar-refractivity contribution in [3.8, 4) is 0 Å². The van der Waals surface area contributed by atoms with Crippen LogP contribution in [-0.4, -0.2) is 35.4 Å². The van der Waals surface area contributed by atoms with Crippen LogP contribution >= 0.6 is 0 Å². The average Bonchev–Trinajstić information content (AvgIpc) is 2.48. The summed E-state index contributed by atoms with van der Waals surface area (Å²) in [7, 11) is 0. The van der Waals surface area contributed by atoms with Crippen molar-refractivity contribution in [2.75, 3.05) is 18.4 Å². The highest BCUT2D eigenvalue weighted by Gasteiger charge is 2.38. The second-order valence-corrected chi connectivity index (χ2v) is 5.83. The number of anilines is 1. The fourth-order valence-corrected chi connectivity index (χ4v) is 3.12. The molecule has 2 heterocycles. The molecule has 1 aromatic rings. The van der Waals surface area contributed by atoms with Crippen molar-refractivity contribution in [2.45, 2.75) is 38.3 Å². The molecule has 1 saturated heterocycles. The summed E-state index contributed by atoms with van der Waals surface area (Å²) in [6, 6.07) is 7.98. The zero-order valence-electron chi connectivity index (χ0n) is 12.4. The number of fused-ring (bicyclic) bond motifs is 1. The maximum Gasteiger partial charge on any atom is 0.222 e. The third-order valence-electron chi connectivity index (χ3n) is 4.31. The second-order valence-electron chi connectivity index (χ2n) is 5.83. The number of amides is 1. The van der Waals surface area contributed by atoms with Gasteiger partial charge in [0.25, 0.3) is 0 Å². The molecule has 3 rings (SSSR count). The van der Waals surface area contributed by atoms with Gasteiger partial charge in [0.15, 0.2) is 0 Å². The number of rotatable bonds is 2. The number of carbonyl (C=O) groups is 1. The normalized spacial score (nSPS) is 19.7. The molecule has 0 bridgehead atoms. The van der Waals surface area contributed by atoms with Crippen LogP contribution in [0.25, 0.3) is 0 Å². The predicted molar refractivity (Wildman–Crippen MR) is 84.2 cm³/mol. The molecule has 3 N–H and O–H groups in total. The molecule has 0 atom stereocenters. The third kappa shape index (κ3) is 2.60. The van der Waals surface area contributed by atoms with Gasteiger partial charge < -0.3 is 16.0 Å². The number of para-hydroxylation sites is 1. The standard InChI is InChI=1S/C16H22N4O/c1-2-5-14(21)20-10-8-16(9-11-20)18-13-7-4-3-6-12(13)15(17)19-16/h3-4,6-7,18H,2,5,8-11H2,1H3,(H2,17,19). The lowest BCUT2D eigenvalue weighted by Gasteiger charge is -2.42. The largest absolute Gasteiger partial charge is 0.383 e. The van der Waals surface area contributed by atoms with Crippen molar-refractivity contribution in [2.24, 2.45) is 10.7 Å². The summed E-state index contributed by atoms with van der Waals surface area (Å²) in [5.74, 6) is 0.846. The maximum absolute atomic E-state index is 12.0. The van der Waals surface area contributed by atoms with E-state index in [0.717, 1.165) is 43.6 Å². The minimum atomic E-state index is -0.346. The van der Waals surface area contributed by atoms with Gasteiger partial charge in [-0.2, -0.15) is 0 Å². The quantitative estimate of drug-likeness (QED) is 0.872. The van der Waals surface area contributed by atoms with Crippen molar-refractivity contribution in [3.05, 3.63) is 29.8 Å². The number of nitrogens with one attached hydrogen (secondary N) is 1. The Labute approximate surface area is 125 Å². The van der Waals surface area contributed by atoms with Gasteiger partial charge in [0.05, 0.1) is 0 Å². The van der Waals surface area contributed by atoms with Gasteiger partial charge in [0.2, 0.25) is 5.91 Å². The topological polar surface area (TPSA) is 70.7 Å². The van der Waals surface area contributed by atoms with Gasteiger partial charge in [-0.15, -0.1) is 0 Å². The summed E-state index contributed by atoms with van der Waals surface area (Å²) < 4.78 is 0. The van der Waals surface area contributed by atoms with Crippen LogP contribution in [0, 0.1) is 0 Å². The molecular formula is C16H22N4O. The SMILES string of the molecule is CCCC(=O)N1CCC2(CC1)N=C(N)c1ccccc1N2. The molecule has 1 spiro atoms. The van der Waals surface area contributed by atoms with E-state index in [9.17, 15) is 4.79 Å². The Morgan fingerprint density at radius 1 is 1.38 bits per heavy atom. The Balaban J connectivity index is 1.75. The molecule has 1 fully saturated rings. The fraction of sp³-hybridized carbons (Fsp3) is 0.500. The van der Waals surface area contributed by atoms with Crippen molar-refractivity contribution >= 4 is 17.4 Å². The summed E-state index contributed by atoms with van der Waals surface area (Å²) in [6.45, 7) is 3.52. The molecule has 0 aromatic heterocycles. The van der Waals surface area contributed by atoms with Crippen LogP contribution < -0.4 is 11.1 Å². The molecule has 2 aliphatic rings. The van der Waals surface area contributed by atoms with Gasteiger partial charge in [0, 0.05) is 43.6 Å². The summed E-state index contributed by atoms with van der Waals surface area (Å²) in [5, 5.41) is 3.53. The van der Waals surface area contributed by atoms with Crippen molar-refractivity contribution in [1.82, 2.24) is 4.90 Å². The van der Waals surface area contributed by atoms with E-state index in [2.05, 4.69) is 5.32 Å². The summed E-state index contributed by atoms with van der Waals surface area (Å²) in [6.07, 6.45) is 3.14. The maximum atomic E-state index is 12.0. The van der Waals surface area contributed by atoms with E-state index >= 15 is 0 Å². The number of amidine groups is 1. The Morgan fingerprint density at radius 3 is 2.81 bits per heavy atom. The molecule has 0 radical (unpaired) electrons. The van der Waals surface area contributed by atoms with E-state index in [0.29, 0.717) is 12.3 Å². The van der Waals surface area contributed by atoms with E-state index in [1.54, 1.807) is 0 Å². The monoisotopic (exact) mass is 286 g/mol. The minimum Gasteiger partial charge on any atom is -0.383 e. The molecule has 21 heavy (non-hydrogen) atoms. The highest BCUT2D eigenvalue weighted by molar-refractivity contribution is 6.04. The molecule has 1 aromatic carbocycles. The number of likely N-dealkylation sites (tertiary alicyclic amines) is 1. The first kappa shape index (κ1) is 13.9. The van der Waals surface area contributed by atoms with Gasteiger partial charge in [0.1, 0.15) is 11.5 Å². The molecule has 0 aliphatic carbocycles. The van der Waals surface area contributed by atoms with Crippen LogP contribution in [0.4, 0.5) is 5.69 Å². The lowest BCUT2D eigenvalue weighted by Crippen LogP contribution is -2.52. The zero-order chi connectivity index (χ0) is 14.9. The number of nitrogens with zero attached hydrogens (tertiary/aromatic N) is 2. The van der Waals surface area contributed by atoms with Crippen LogP contribution in [0.2, 0.25) is 0 Å². The van der Waals surface area contributed by atoms with Gasteiger partial charge >= 0.3 is 0 Å². The van der Waals surface area contributed by atoms with Crippen LogP contribution in [0.1, 0.15) is 38.2 Å².